The van der Waals surface area contributed by atoms with Crippen molar-refractivity contribution in [3.8, 4) is 0 Å². The third kappa shape index (κ3) is 18.6. The normalized spacial score (nSPS) is 26.9. The summed E-state index contributed by atoms with van der Waals surface area (Å²) in [5, 5.41) is 92.2. The van der Waals surface area contributed by atoms with Gasteiger partial charge < -0.3 is 89.2 Å². The molecule has 42 heteroatoms. The van der Waals surface area contributed by atoms with Crippen LogP contribution in [-0.2, 0) is 48.6 Å². The van der Waals surface area contributed by atoms with Crippen LogP contribution < -0.4 is 64.2 Å². The van der Waals surface area contributed by atoms with E-state index in [2.05, 4.69) is 98.2 Å². The fourth-order valence-corrected chi connectivity index (χ4v) is 17.2. The number of carbonyl (C=O) groups excluding carboxylic acids is 12. The van der Waals surface area contributed by atoms with Gasteiger partial charge in [-0.2, -0.15) is 0 Å². The Morgan fingerprint density at radius 3 is 2.12 bits per heavy atom. The van der Waals surface area contributed by atoms with Crippen molar-refractivity contribution in [1.82, 2.24) is 83.4 Å². The number of allylic oxidation sites excluding steroid dienone is 1. The summed E-state index contributed by atoms with van der Waals surface area (Å²) in [6, 6.07) is -11.6. The second-order valence-corrected chi connectivity index (χ2v) is 32.3. The third-order valence-corrected chi connectivity index (χ3v) is 24.3. The van der Waals surface area contributed by atoms with Crippen LogP contribution in [0, 0.1) is 5.92 Å². The molecule has 5 aromatic heterocycles. The quantitative estimate of drug-likeness (QED) is 0.0606. The maximum absolute atomic E-state index is 15.4. The van der Waals surface area contributed by atoms with Gasteiger partial charge >= 0.3 is 5.97 Å². The molecule has 37 nitrogen and oxygen atoms in total. The Labute approximate surface area is 671 Å². The number of nitrogens with two attached hydrogens (primary N) is 1. The maximum Gasteiger partial charge on any atom is 0.357 e. The lowest BCUT2D eigenvalue weighted by atomic mass is 9.80. The summed E-state index contributed by atoms with van der Waals surface area (Å²) in [7, 11) is 0. The Hall–Kier alpha value is -10.5. The molecule has 0 saturated heterocycles. The minimum Gasteiger partial charge on any atom is -0.455 e. The highest BCUT2D eigenvalue weighted by molar-refractivity contribution is 8.14. The Morgan fingerprint density at radius 2 is 1.45 bits per heavy atom. The van der Waals surface area contributed by atoms with E-state index in [0.29, 0.717) is 6.42 Å². The van der Waals surface area contributed by atoms with Gasteiger partial charge in [0.1, 0.15) is 113 Å². The molecule has 11 amide bonds. The average Bonchev–Trinajstić information content (AvgIpc) is 1.50. The van der Waals surface area contributed by atoms with Crippen LogP contribution in [-0.4, -0.2) is 198 Å². The molecule has 0 radical (unpaired) electrons. The zero-order chi connectivity index (χ0) is 83.4. The Balaban J connectivity index is 1.18. The first kappa shape index (κ1) is 85.9. The lowest BCUT2D eigenvalue weighted by Gasteiger charge is -2.41. The number of aliphatic imine (C=N–C) groups is 2. The minimum atomic E-state index is -2.21. The lowest BCUT2D eigenvalue weighted by Crippen LogP contribution is -2.57. The predicted molar refractivity (Wildman–Crippen MR) is 418 cm³/mol. The highest BCUT2D eigenvalue weighted by atomic mass is 32.2. The van der Waals surface area contributed by atoms with E-state index in [1.54, 1.807) is 26.8 Å². The SMILES string of the molecule is C=C(NC(=O)C(=C)NC(=O)c1csc(C2=N[C@H]3c4csc(n4)[C@H]4NC(=O)c5csc(n5)[C@@H]([C@@](C)(O)[C@@H](C)O)NC(=O)[C@H]5CSC(=N5)/C(=C\C)NC(=O)[C@@H]([C@H](C)O)NC(=O)c5csc(n5)[C@@]3(CC2)NC(=O)[C@H](C)NC(=O)C(=C)NC(=O)[C@H](C)NC(=O)[C@@H]([C@H](C)CC)N[C@H]2C=Cc3c([C@H](C)O)cc(nc3[C@@H]2O)C(=O)O[C@H]4C)n1)C(N)=O. The summed E-state index contributed by atoms with van der Waals surface area (Å²) < 4.78 is 6.26. The first-order valence-electron chi connectivity index (χ1n) is 35.6. The number of amides is 11. The van der Waals surface area contributed by atoms with Crippen LogP contribution in [0.4, 0.5) is 0 Å². The van der Waals surface area contributed by atoms with Gasteiger partial charge in [-0.05, 0) is 85.8 Å². The molecule has 114 heavy (non-hydrogen) atoms. The highest BCUT2D eigenvalue weighted by Gasteiger charge is 2.51. The number of rotatable bonds is 12. The summed E-state index contributed by atoms with van der Waals surface area (Å²) in [5.74, 6) is -12.2. The van der Waals surface area contributed by atoms with Crippen molar-refractivity contribution < 1.29 is 87.8 Å². The number of pyridine rings is 1. The van der Waals surface area contributed by atoms with E-state index in [1.807, 2.05) is 0 Å². The number of fused-ring (bicyclic) bond motifs is 7. The number of aliphatic hydroxyl groups is 5. The monoisotopic (exact) mass is 1660 g/mol. The van der Waals surface area contributed by atoms with Gasteiger partial charge in [0.15, 0.2) is 0 Å². The van der Waals surface area contributed by atoms with Crippen molar-refractivity contribution in [1.29, 1.82) is 0 Å². The molecule has 13 bridgehead atoms. The lowest BCUT2D eigenvalue weighted by molar-refractivity contribution is -0.131. The van der Waals surface area contributed by atoms with Gasteiger partial charge in [0.2, 0.25) is 29.5 Å². The van der Waals surface area contributed by atoms with Crippen LogP contribution in [0.15, 0.2) is 92.2 Å². The zero-order valence-electron chi connectivity index (χ0n) is 63.0. The van der Waals surface area contributed by atoms with Crippen LogP contribution in [0.25, 0.3) is 6.08 Å². The molecule has 606 valence electrons. The van der Waals surface area contributed by atoms with Crippen molar-refractivity contribution in [2.75, 3.05) is 5.75 Å². The molecule has 0 spiro atoms. The van der Waals surface area contributed by atoms with Gasteiger partial charge in [0.05, 0.1) is 70.3 Å². The van der Waals surface area contributed by atoms with Crippen LogP contribution in [0.1, 0.15) is 203 Å². The molecule has 1 aliphatic carbocycles. The molecule has 4 aliphatic heterocycles. The third-order valence-electron chi connectivity index (χ3n) is 19.5. The number of thiazole rings is 4. The van der Waals surface area contributed by atoms with Gasteiger partial charge in [-0.25, -0.2) is 29.7 Å². The zero-order valence-corrected chi connectivity index (χ0v) is 67.1. The first-order chi connectivity index (χ1) is 53.7. The van der Waals surface area contributed by atoms with Crippen molar-refractivity contribution in [2.45, 2.75) is 185 Å². The number of nitrogens with zero attached hydrogens (tertiary/aromatic N) is 7. The summed E-state index contributed by atoms with van der Waals surface area (Å²) in [5.41, 5.74) is -1.79. The average molecular weight is 1660 g/mol. The van der Waals surface area contributed by atoms with E-state index in [-0.39, 0.29) is 94.7 Å². The molecule has 5 aromatic rings. The number of thioether (sulfide) groups is 1. The second kappa shape index (κ2) is 35.5. The Bertz CT molecular complexity index is 4880. The van der Waals surface area contributed by atoms with Crippen molar-refractivity contribution >= 4 is 145 Å². The molecule has 0 aromatic carbocycles. The predicted octanol–water partition coefficient (Wildman–Crippen LogP) is 0.774. The Morgan fingerprint density at radius 1 is 0.763 bits per heavy atom. The second-order valence-electron chi connectivity index (χ2n) is 27.8. The van der Waals surface area contributed by atoms with Crippen molar-refractivity contribution in [3.05, 3.63) is 148 Å². The molecule has 9 heterocycles. The molecule has 18 N–H and O–H groups in total. The van der Waals surface area contributed by atoms with Gasteiger partial charge in [-0.3, -0.25) is 68.0 Å². The summed E-state index contributed by atoms with van der Waals surface area (Å²) >= 11 is 4.42. The molecular weight excluding hydrogens is 1580 g/mol. The number of aliphatic hydroxyl groups excluding tert-OH is 4. The van der Waals surface area contributed by atoms with Gasteiger partial charge in [0, 0.05) is 32.8 Å². The van der Waals surface area contributed by atoms with Crippen LogP contribution in [0.5, 0.6) is 0 Å². The number of esters is 1. The summed E-state index contributed by atoms with van der Waals surface area (Å²) in [4.78, 5) is 204. The summed E-state index contributed by atoms with van der Waals surface area (Å²) in [6.07, 6.45) is -3.18. The molecule has 0 unspecified atom stereocenters. The largest absolute Gasteiger partial charge is 0.455 e. The number of ether oxygens (including phenoxy) is 1. The number of hydrogen-bond acceptors (Lipinski definition) is 31. The summed E-state index contributed by atoms with van der Waals surface area (Å²) in [6.45, 7) is 24.9. The number of nitrogens with one attached hydrogen (secondary N) is 11. The van der Waals surface area contributed by atoms with Gasteiger partial charge in [0.25, 0.3) is 35.4 Å². The standard InChI is InChI=1S/C72H85N19O18S5/c1-14-26(3)47-63(105)78-30(7)57(99)75-28(5)56(98)76-31(8)58(100)91-72-19-18-40(66-85-43(22-111-66)59(101)77-29(6)55(97)74-27(4)54(73)96)81-52(72)42-21-112-67(83-42)49(34(11)109-69(107)41-20-37(32(9)92)36-16-17-39(79-47)51(95)50(36)80-41)89-60(102)44-24-113-68(86-44)53(71(13,108)35(12)94)90-62(104)45-23-110-65(84-45)38(15-2)82-64(106)48(33(10)93)88-61(103)46-25-114-70(72)87-46/h15-17,20-22,24-26,30-35,39,45,47-49,51-53,79,92-95,108H,4-6,14,18-19,23H2,1-3,7-13H3,(H2,73,96)(H,74,97)(H,75,99)(H,76,98)(H,77,101)(H,78,105)(H,82,106)(H,88,103)(H,89,102)(H,90,104)(H,91,100)/b38-15+/t26-,30+,31+,32+,33+,34+,35-,39+,45-,47-,48-,49+,51-,52+,53+,71+,72+/m1/s1. The molecule has 5 aliphatic rings. The van der Waals surface area contributed by atoms with E-state index in [0.717, 1.165) is 57.1 Å². The van der Waals surface area contributed by atoms with Crippen LogP contribution in [0.3, 0.4) is 0 Å². The van der Waals surface area contributed by atoms with Crippen LogP contribution in [0.2, 0.25) is 0 Å². The highest BCUT2D eigenvalue weighted by Crippen LogP contribution is 2.48. The molecule has 0 saturated carbocycles. The van der Waals surface area contributed by atoms with E-state index in [4.69, 9.17) is 25.4 Å². The molecule has 0 fully saturated rings. The number of carbonyl (C=O) groups is 12. The number of primary amides is 1. The number of aromatic nitrogens is 5. The van der Waals surface area contributed by atoms with Gasteiger partial charge in [-0.15, -0.1) is 57.1 Å². The van der Waals surface area contributed by atoms with E-state index >= 15 is 14.4 Å². The number of hydrogen-bond donors (Lipinski definition) is 17. The van der Waals surface area contributed by atoms with Crippen molar-refractivity contribution in [2.24, 2.45) is 21.6 Å². The van der Waals surface area contributed by atoms with E-state index in [1.165, 1.54) is 88.2 Å². The maximum atomic E-state index is 15.4. The van der Waals surface area contributed by atoms with E-state index in [9.17, 15) is 68.7 Å². The van der Waals surface area contributed by atoms with Gasteiger partial charge in [-0.1, -0.05) is 58.2 Å². The van der Waals surface area contributed by atoms with Crippen LogP contribution >= 0.6 is 57.1 Å². The van der Waals surface area contributed by atoms with E-state index < -0.39 is 196 Å². The smallest absolute Gasteiger partial charge is 0.357 e. The minimum absolute atomic E-state index is 0.0158. The molecule has 10 rings (SSSR count). The fourth-order valence-electron chi connectivity index (χ4n) is 12.3. The topological polar surface area (TPSA) is 563 Å². The van der Waals surface area contributed by atoms with Crippen molar-refractivity contribution in [3.63, 3.8) is 0 Å². The molecule has 17 atom stereocenters. The Kier molecular flexibility index (Phi) is 26.7. The number of cyclic esters (lactones) is 1. The molecular formula is C72H85N19O18S5. The fraction of sp³-hybridized carbons (Fsp3) is 0.431. The first-order valence-corrected chi connectivity index (χ1v) is 40.1.